The monoisotopic (exact) mass is 256 g/mol. The van der Waals surface area contributed by atoms with Gasteiger partial charge >= 0.3 is 0 Å². The fourth-order valence-electron chi connectivity index (χ4n) is 2.31. The SMILES string of the molecule is CN1C(=O)[C@H](N)CCn2nc([C@H]3CC3(F)F)cc21. The maximum Gasteiger partial charge on any atom is 0.257 e. The van der Waals surface area contributed by atoms with E-state index in [1.54, 1.807) is 17.8 Å². The fourth-order valence-corrected chi connectivity index (χ4v) is 2.31. The third-order valence-electron chi connectivity index (χ3n) is 3.60. The Morgan fingerprint density at radius 3 is 2.83 bits per heavy atom. The Morgan fingerprint density at radius 2 is 2.22 bits per heavy atom. The van der Waals surface area contributed by atoms with Crippen LogP contribution in [0.4, 0.5) is 14.6 Å². The summed E-state index contributed by atoms with van der Waals surface area (Å²) in [7, 11) is 1.59. The number of aromatic nitrogens is 2. The standard InChI is InChI=1S/C11H14F2N4O/c1-16-9-4-8(6-5-11(6,12)13)15-17(9)3-2-7(14)10(16)18/h4,6-7H,2-3,5,14H2,1H3/t6-,7-/m1/s1. The highest BCUT2D eigenvalue weighted by Crippen LogP contribution is 2.55. The van der Waals surface area contributed by atoms with Gasteiger partial charge in [0, 0.05) is 26.1 Å². The van der Waals surface area contributed by atoms with E-state index in [0.717, 1.165) is 0 Å². The van der Waals surface area contributed by atoms with Gasteiger partial charge in [-0.05, 0) is 6.42 Å². The van der Waals surface area contributed by atoms with Gasteiger partial charge in [-0.2, -0.15) is 5.10 Å². The van der Waals surface area contributed by atoms with Crippen LogP contribution in [-0.4, -0.2) is 34.7 Å². The minimum Gasteiger partial charge on any atom is -0.320 e. The van der Waals surface area contributed by atoms with Gasteiger partial charge in [0.2, 0.25) is 5.91 Å². The summed E-state index contributed by atoms with van der Waals surface area (Å²) in [6, 6.07) is 1.02. The van der Waals surface area contributed by atoms with E-state index in [1.165, 1.54) is 4.90 Å². The second kappa shape index (κ2) is 3.50. The molecule has 2 heterocycles. The van der Waals surface area contributed by atoms with E-state index in [2.05, 4.69) is 5.10 Å². The molecule has 1 aromatic heterocycles. The predicted octanol–water partition coefficient (Wildman–Crippen LogP) is 0.699. The molecule has 3 rings (SSSR count). The summed E-state index contributed by atoms with van der Waals surface area (Å²) in [6.07, 6.45) is 0.318. The lowest BCUT2D eigenvalue weighted by molar-refractivity contribution is -0.119. The first-order chi connectivity index (χ1) is 8.40. The summed E-state index contributed by atoms with van der Waals surface area (Å²) in [6.45, 7) is 0.477. The molecule has 1 amide bonds. The maximum absolute atomic E-state index is 13.0. The van der Waals surface area contributed by atoms with Crippen molar-refractivity contribution in [1.82, 2.24) is 9.78 Å². The molecule has 1 aliphatic carbocycles. The molecule has 0 saturated heterocycles. The van der Waals surface area contributed by atoms with Crippen molar-refractivity contribution >= 4 is 11.7 Å². The summed E-state index contributed by atoms with van der Waals surface area (Å²) in [5.41, 5.74) is 6.07. The molecule has 2 aliphatic rings. The molecule has 7 heteroatoms. The number of likely N-dealkylation sites (N-methyl/N-ethyl adjacent to an activating group) is 1. The van der Waals surface area contributed by atoms with E-state index >= 15 is 0 Å². The number of anilines is 1. The zero-order chi connectivity index (χ0) is 13.1. The summed E-state index contributed by atoms with van der Waals surface area (Å²) in [4.78, 5) is 13.2. The molecule has 0 bridgehead atoms. The Kier molecular flexibility index (Phi) is 2.25. The van der Waals surface area contributed by atoms with Crippen LogP contribution in [0.1, 0.15) is 24.5 Å². The van der Waals surface area contributed by atoms with Gasteiger partial charge in [-0.25, -0.2) is 13.5 Å². The molecule has 98 valence electrons. The predicted molar refractivity (Wildman–Crippen MR) is 60.5 cm³/mol. The number of hydrogen-bond acceptors (Lipinski definition) is 3. The van der Waals surface area contributed by atoms with E-state index in [4.69, 9.17) is 5.73 Å². The third-order valence-corrected chi connectivity index (χ3v) is 3.60. The van der Waals surface area contributed by atoms with Crippen LogP contribution in [0.3, 0.4) is 0 Å². The molecule has 2 N–H and O–H groups in total. The number of fused-ring (bicyclic) bond motifs is 1. The number of nitrogens with two attached hydrogens (primary N) is 1. The van der Waals surface area contributed by atoms with Gasteiger partial charge in [-0.3, -0.25) is 9.69 Å². The Labute approximate surface area is 103 Å². The Morgan fingerprint density at radius 1 is 1.56 bits per heavy atom. The van der Waals surface area contributed by atoms with Crippen molar-refractivity contribution in [3.05, 3.63) is 11.8 Å². The van der Waals surface area contributed by atoms with Crippen LogP contribution in [-0.2, 0) is 11.3 Å². The molecule has 5 nitrogen and oxygen atoms in total. The van der Waals surface area contributed by atoms with Gasteiger partial charge < -0.3 is 5.73 Å². The molecule has 0 unspecified atom stereocenters. The molecule has 2 atom stereocenters. The zero-order valence-electron chi connectivity index (χ0n) is 9.94. The molecule has 0 spiro atoms. The van der Waals surface area contributed by atoms with Crippen molar-refractivity contribution in [2.24, 2.45) is 5.73 Å². The highest BCUT2D eigenvalue weighted by atomic mass is 19.3. The normalized spacial score (nSPS) is 30.0. The van der Waals surface area contributed by atoms with Crippen molar-refractivity contribution in [3.63, 3.8) is 0 Å². The molecule has 0 radical (unpaired) electrons. The van der Waals surface area contributed by atoms with E-state index in [-0.39, 0.29) is 12.3 Å². The largest absolute Gasteiger partial charge is 0.320 e. The molecule has 1 fully saturated rings. The first kappa shape index (κ1) is 11.6. The van der Waals surface area contributed by atoms with E-state index in [1.807, 2.05) is 0 Å². The highest BCUT2D eigenvalue weighted by Gasteiger charge is 2.59. The highest BCUT2D eigenvalue weighted by molar-refractivity contribution is 5.96. The lowest BCUT2D eigenvalue weighted by Crippen LogP contribution is -2.40. The topological polar surface area (TPSA) is 64.2 Å². The van der Waals surface area contributed by atoms with Crippen LogP contribution in [0.5, 0.6) is 0 Å². The smallest absolute Gasteiger partial charge is 0.257 e. The van der Waals surface area contributed by atoms with Gasteiger partial charge in [-0.1, -0.05) is 0 Å². The lowest BCUT2D eigenvalue weighted by atomic mass is 10.2. The number of aryl methyl sites for hydroxylation is 1. The fraction of sp³-hybridized carbons (Fsp3) is 0.636. The second-order valence-electron chi connectivity index (χ2n) is 4.96. The Bertz CT molecular complexity index is 513. The van der Waals surface area contributed by atoms with Gasteiger partial charge in [0.1, 0.15) is 5.82 Å². The molecule has 1 aliphatic heterocycles. The number of carbonyl (C=O) groups excluding carboxylic acids is 1. The summed E-state index contributed by atoms with van der Waals surface area (Å²) < 4.78 is 27.6. The summed E-state index contributed by atoms with van der Waals surface area (Å²) in [5.74, 6) is -3.10. The average molecular weight is 256 g/mol. The Balaban J connectivity index is 1.94. The quantitative estimate of drug-likeness (QED) is 0.804. The van der Waals surface area contributed by atoms with Crippen LogP contribution >= 0.6 is 0 Å². The van der Waals surface area contributed by atoms with Crippen LogP contribution < -0.4 is 10.6 Å². The van der Waals surface area contributed by atoms with Gasteiger partial charge in [0.15, 0.2) is 0 Å². The minimum absolute atomic E-state index is 0.152. The minimum atomic E-state index is -2.64. The van der Waals surface area contributed by atoms with Gasteiger partial charge in [-0.15, -0.1) is 0 Å². The molecule has 18 heavy (non-hydrogen) atoms. The molecule has 0 aromatic carbocycles. The van der Waals surface area contributed by atoms with Crippen molar-refractivity contribution in [2.75, 3.05) is 11.9 Å². The number of amides is 1. The third kappa shape index (κ3) is 1.61. The van der Waals surface area contributed by atoms with E-state index < -0.39 is 17.9 Å². The van der Waals surface area contributed by atoms with E-state index in [0.29, 0.717) is 24.5 Å². The van der Waals surface area contributed by atoms with E-state index in [9.17, 15) is 13.6 Å². The molecule has 1 saturated carbocycles. The number of rotatable bonds is 1. The first-order valence-corrected chi connectivity index (χ1v) is 5.89. The van der Waals surface area contributed by atoms with Crippen molar-refractivity contribution in [3.8, 4) is 0 Å². The molecular formula is C11H14F2N4O. The van der Waals surface area contributed by atoms with Gasteiger partial charge in [0.25, 0.3) is 5.92 Å². The maximum atomic E-state index is 13.0. The van der Waals surface area contributed by atoms with Crippen molar-refractivity contribution in [2.45, 2.75) is 37.3 Å². The summed E-state index contributed by atoms with van der Waals surface area (Å²) in [5, 5.41) is 4.17. The lowest BCUT2D eigenvalue weighted by Gasteiger charge is -2.16. The van der Waals surface area contributed by atoms with Crippen molar-refractivity contribution in [1.29, 1.82) is 0 Å². The first-order valence-electron chi connectivity index (χ1n) is 5.89. The molecular weight excluding hydrogens is 242 g/mol. The zero-order valence-corrected chi connectivity index (χ0v) is 9.94. The number of alkyl halides is 2. The van der Waals surface area contributed by atoms with Crippen LogP contribution in [0.2, 0.25) is 0 Å². The van der Waals surface area contributed by atoms with Crippen LogP contribution in [0.25, 0.3) is 0 Å². The van der Waals surface area contributed by atoms with Gasteiger partial charge in [0.05, 0.1) is 17.7 Å². The van der Waals surface area contributed by atoms with Crippen LogP contribution in [0.15, 0.2) is 6.07 Å². The number of carbonyl (C=O) groups is 1. The van der Waals surface area contributed by atoms with Crippen LogP contribution in [0, 0.1) is 0 Å². The Hall–Kier alpha value is -1.50. The second-order valence-corrected chi connectivity index (χ2v) is 4.96. The molecule has 1 aromatic rings. The number of hydrogen-bond donors (Lipinski definition) is 1. The average Bonchev–Trinajstić information content (AvgIpc) is 2.81. The van der Waals surface area contributed by atoms with Crippen molar-refractivity contribution < 1.29 is 13.6 Å². The number of halogens is 2. The number of nitrogens with zero attached hydrogens (tertiary/aromatic N) is 3. The summed E-state index contributed by atoms with van der Waals surface area (Å²) >= 11 is 0.